The summed E-state index contributed by atoms with van der Waals surface area (Å²) >= 11 is 1.58. The molecule has 0 spiro atoms. The first-order valence-electron chi connectivity index (χ1n) is 9.62. The molecular weight excluding hydrogens is 434 g/mol. The van der Waals surface area contributed by atoms with Gasteiger partial charge in [0.05, 0.1) is 24.8 Å². The predicted octanol–water partition coefficient (Wildman–Crippen LogP) is 4.38. The van der Waals surface area contributed by atoms with Crippen LogP contribution in [0.5, 0.6) is 11.5 Å². The first-order valence-corrected chi connectivity index (χ1v) is 10.4. The van der Waals surface area contributed by atoms with Crippen LogP contribution in [0.1, 0.15) is 0 Å². The van der Waals surface area contributed by atoms with Gasteiger partial charge in [-0.3, -0.25) is 4.90 Å². The molecule has 0 amide bonds. The number of likely N-dealkylation sites (N-methyl/N-ethyl adjacent to an activating group) is 1. The standard InChI is InChI=1S/C23H23N3O3S.ClH/c1-25-12-13-26(18(14-25)15-27)23-24-21(16-4-8-19(28-2)9-5-16)22(30-23)17-6-10-20(29-3)11-7-17;/h4-11H,12-14H2,1-3H3;1H. The highest BCUT2D eigenvalue weighted by Gasteiger charge is 2.26. The summed E-state index contributed by atoms with van der Waals surface area (Å²) in [5, 5.41) is 0.804. The van der Waals surface area contributed by atoms with Gasteiger partial charge in [0.15, 0.2) is 5.13 Å². The Hall–Kier alpha value is -2.83. The minimum atomic E-state index is 0. The van der Waals surface area contributed by atoms with E-state index in [4.69, 9.17) is 14.5 Å². The predicted molar refractivity (Wildman–Crippen MR) is 127 cm³/mol. The zero-order chi connectivity index (χ0) is 21.1. The largest absolute Gasteiger partial charge is 0.497 e. The number of aromatic nitrogens is 1. The highest BCUT2D eigenvalue weighted by Crippen LogP contribution is 2.42. The van der Waals surface area contributed by atoms with E-state index in [-0.39, 0.29) is 12.4 Å². The zero-order valence-corrected chi connectivity index (χ0v) is 19.3. The van der Waals surface area contributed by atoms with Gasteiger partial charge in [-0.1, -0.05) is 11.3 Å². The summed E-state index contributed by atoms with van der Waals surface area (Å²) in [4.78, 5) is 21.7. The van der Waals surface area contributed by atoms with E-state index in [0.717, 1.165) is 44.9 Å². The average Bonchev–Trinajstić information content (AvgIpc) is 3.24. The fraction of sp³-hybridized carbons (Fsp3) is 0.261. The molecule has 1 fully saturated rings. The van der Waals surface area contributed by atoms with Gasteiger partial charge < -0.3 is 14.4 Å². The van der Waals surface area contributed by atoms with Gasteiger partial charge in [-0.25, -0.2) is 9.78 Å². The number of hydrogen-bond acceptors (Lipinski definition) is 7. The summed E-state index contributed by atoms with van der Waals surface area (Å²) in [7, 11) is 5.31. The lowest BCUT2D eigenvalue weighted by atomic mass is 10.1. The Bertz CT molecular complexity index is 1010. The van der Waals surface area contributed by atoms with E-state index in [9.17, 15) is 4.79 Å². The molecule has 2 heterocycles. The molecule has 0 atom stereocenters. The Balaban J connectivity index is 0.00000272. The average molecular weight is 458 g/mol. The maximum Gasteiger partial charge on any atom is 0.191 e. The lowest BCUT2D eigenvalue weighted by Gasteiger charge is -2.32. The number of rotatable bonds is 5. The van der Waals surface area contributed by atoms with Crippen molar-refractivity contribution in [3.63, 3.8) is 0 Å². The lowest BCUT2D eigenvalue weighted by Crippen LogP contribution is -2.43. The van der Waals surface area contributed by atoms with Crippen LogP contribution in [0.25, 0.3) is 21.7 Å². The summed E-state index contributed by atoms with van der Waals surface area (Å²) in [6.45, 7) is 2.14. The van der Waals surface area contributed by atoms with Gasteiger partial charge >= 0.3 is 0 Å². The molecule has 0 unspecified atom stereocenters. The molecule has 0 N–H and O–H groups in total. The molecule has 1 aliphatic heterocycles. The van der Waals surface area contributed by atoms with Crippen LogP contribution >= 0.6 is 23.7 Å². The lowest BCUT2D eigenvalue weighted by molar-refractivity contribution is 0.341. The maximum atomic E-state index is 11.6. The van der Waals surface area contributed by atoms with Crippen LogP contribution in [-0.4, -0.2) is 56.7 Å². The first-order chi connectivity index (χ1) is 14.6. The van der Waals surface area contributed by atoms with Gasteiger partial charge in [-0.15, -0.1) is 12.4 Å². The number of hydrogen-bond donors (Lipinski definition) is 0. The van der Waals surface area contributed by atoms with Crippen molar-refractivity contribution in [1.82, 2.24) is 9.88 Å². The second kappa shape index (κ2) is 9.98. The quantitative estimate of drug-likeness (QED) is 0.530. The molecular formula is C23H24ClN3O3S. The van der Waals surface area contributed by atoms with Crippen LogP contribution < -0.4 is 14.4 Å². The minimum absolute atomic E-state index is 0. The van der Waals surface area contributed by atoms with Crippen LogP contribution in [-0.2, 0) is 4.79 Å². The van der Waals surface area contributed by atoms with Crippen molar-refractivity contribution >= 4 is 34.8 Å². The molecule has 0 saturated carbocycles. The van der Waals surface area contributed by atoms with Crippen molar-refractivity contribution in [2.24, 2.45) is 0 Å². The number of piperazine rings is 1. The van der Waals surface area contributed by atoms with E-state index >= 15 is 0 Å². The number of methoxy groups -OCH3 is 2. The molecule has 162 valence electrons. The highest BCUT2D eigenvalue weighted by molar-refractivity contribution is 7.19. The number of benzene rings is 2. The van der Waals surface area contributed by atoms with Crippen molar-refractivity contribution in [2.75, 3.05) is 45.8 Å². The Morgan fingerprint density at radius 1 is 0.935 bits per heavy atom. The molecule has 1 saturated heterocycles. The number of carbonyl (C=O) groups excluding carboxylic acids is 1. The number of ether oxygens (including phenoxy) is 2. The van der Waals surface area contributed by atoms with Crippen molar-refractivity contribution < 1.29 is 14.3 Å². The van der Waals surface area contributed by atoms with E-state index < -0.39 is 0 Å². The van der Waals surface area contributed by atoms with Gasteiger partial charge in [0.25, 0.3) is 0 Å². The minimum Gasteiger partial charge on any atom is -0.497 e. The number of nitrogens with zero attached hydrogens (tertiary/aromatic N) is 3. The van der Waals surface area contributed by atoms with E-state index in [1.165, 1.54) is 0 Å². The second-order valence-electron chi connectivity index (χ2n) is 7.07. The highest BCUT2D eigenvalue weighted by atomic mass is 35.5. The normalized spacial score (nSPS) is 14.0. The topological polar surface area (TPSA) is 54.9 Å². The van der Waals surface area contributed by atoms with E-state index in [1.54, 1.807) is 25.6 Å². The Morgan fingerprint density at radius 2 is 1.52 bits per heavy atom. The van der Waals surface area contributed by atoms with E-state index in [0.29, 0.717) is 18.8 Å². The Morgan fingerprint density at radius 3 is 2.06 bits per heavy atom. The van der Waals surface area contributed by atoms with Gasteiger partial charge in [-0.2, -0.15) is 0 Å². The van der Waals surface area contributed by atoms with Crippen molar-refractivity contribution in [3.8, 4) is 33.2 Å². The summed E-state index contributed by atoms with van der Waals surface area (Å²) in [6, 6.07) is 15.8. The molecule has 4 rings (SSSR count). The van der Waals surface area contributed by atoms with Crippen LogP contribution in [0, 0.1) is 0 Å². The molecule has 0 radical (unpaired) electrons. The van der Waals surface area contributed by atoms with Crippen molar-refractivity contribution in [2.45, 2.75) is 0 Å². The third-order valence-corrected chi connectivity index (χ3v) is 6.26. The smallest absolute Gasteiger partial charge is 0.191 e. The summed E-state index contributed by atoms with van der Waals surface area (Å²) in [5.41, 5.74) is 3.54. The summed E-state index contributed by atoms with van der Waals surface area (Å²) < 4.78 is 10.6. The molecule has 6 nitrogen and oxygen atoms in total. The molecule has 1 aliphatic rings. The fourth-order valence-corrected chi connectivity index (χ4v) is 4.58. The van der Waals surface area contributed by atoms with Gasteiger partial charge in [0.1, 0.15) is 23.1 Å². The van der Waals surface area contributed by atoms with Crippen molar-refractivity contribution in [3.05, 3.63) is 54.2 Å². The monoisotopic (exact) mass is 457 g/mol. The zero-order valence-electron chi connectivity index (χ0n) is 17.6. The molecule has 3 aromatic rings. The molecule has 1 aromatic heterocycles. The number of halogens is 1. The third kappa shape index (κ3) is 4.75. The van der Waals surface area contributed by atoms with E-state index in [2.05, 4.69) is 10.8 Å². The van der Waals surface area contributed by atoms with E-state index in [1.807, 2.05) is 60.5 Å². The Labute approximate surface area is 192 Å². The number of anilines is 1. The molecule has 2 aromatic carbocycles. The van der Waals surface area contributed by atoms with Crippen molar-refractivity contribution in [1.29, 1.82) is 0 Å². The van der Waals surface area contributed by atoms with Crippen LogP contribution in [0.4, 0.5) is 5.13 Å². The third-order valence-electron chi connectivity index (χ3n) is 5.13. The second-order valence-corrected chi connectivity index (χ2v) is 8.05. The van der Waals surface area contributed by atoms with Gasteiger partial charge in [0, 0.05) is 25.2 Å². The summed E-state index contributed by atoms with van der Waals surface area (Å²) in [6.07, 6.45) is 0. The molecule has 0 aliphatic carbocycles. The van der Waals surface area contributed by atoms with Crippen LogP contribution in [0.15, 0.2) is 54.2 Å². The number of thiazole rings is 1. The maximum absolute atomic E-state index is 11.6. The Kier molecular flexibility index (Phi) is 7.36. The van der Waals surface area contributed by atoms with Gasteiger partial charge in [0.2, 0.25) is 0 Å². The molecule has 31 heavy (non-hydrogen) atoms. The first kappa shape index (κ1) is 22.8. The van der Waals surface area contributed by atoms with Crippen LogP contribution in [0.3, 0.4) is 0 Å². The SMILES string of the molecule is COc1ccc(-c2nc(N3CCN(C)CC3=C=O)sc2-c2ccc(OC)cc2)cc1.Cl. The summed E-state index contributed by atoms with van der Waals surface area (Å²) in [5.74, 6) is 3.71. The van der Waals surface area contributed by atoms with Crippen LogP contribution in [0.2, 0.25) is 0 Å². The fourth-order valence-electron chi connectivity index (χ4n) is 3.43. The molecule has 0 bridgehead atoms. The van der Waals surface area contributed by atoms with Gasteiger partial charge in [-0.05, 0) is 61.1 Å². The molecule has 8 heteroatoms.